The molecule has 7 heteroatoms. The lowest BCUT2D eigenvalue weighted by molar-refractivity contribution is -0.117. The molecule has 0 heterocycles. The van der Waals surface area contributed by atoms with Crippen LogP contribution in [0.3, 0.4) is 0 Å². The second-order valence-electron chi connectivity index (χ2n) is 2.91. The van der Waals surface area contributed by atoms with Crippen LogP contribution in [0, 0.1) is 0 Å². The standard InChI is InChI=1S/C4H8FN.C3H5FO.CHF3/c5-3-1-4(6)2-3;1-3(5)2-4;2-1(3)4/h3-4H,1-2,6H2;2H2,1H3;1H. The highest BCUT2D eigenvalue weighted by Gasteiger charge is 2.24. The molecule has 15 heavy (non-hydrogen) atoms. The smallest absolute Gasteiger partial charge is 0.327 e. The van der Waals surface area contributed by atoms with E-state index in [1.807, 2.05) is 0 Å². The van der Waals surface area contributed by atoms with E-state index in [1.54, 1.807) is 0 Å². The van der Waals surface area contributed by atoms with Crippen LogP contribution in [0.25, 0.3) is 0 Å². The summed E-state index contributed by atoms with van der Waals surface area (Å²) in [5.74, 6) is -0.412. The normalized spacial score (nSPS) is 22.9. The fourth-order valence-electron chi connectivity index (χ4n) is 0.588. The van der Waals surface area contributed by atoms with Crippen LogP contribution in [0.2, 0.25) is 0 Å². The molecule has 1 saturated carbocycles. The molecule has 0 spiro atoms. The number of Topliss-reactive ketones (excluding diaryl/α,β-unsaturated/α-hetero) is 1. The van der Waals surface area contributed by atoms with Gasteiger partial charge in [0.05, 0.1) is 0 Å². The molecule has 1 aliphatic carbocycles. The molecular weight excluding hydrogens is 221 g/mol. The molecule has 0 unspecified atom stereocenters. The molecule has 0 aromatic carbocycles. The fourth-order valence-corrected chi connectivity index (χ4v) is 0.588. The van der Waals surface area contributed by atoms with Gasteiger partial charge in [-0.2, -0.15) is 13.2 Å². The van der Waals surface area contributed by atoms with Crippen molar-refractivity contribution >= 4 is 5.78 Å². The van der Waals surface area contributed by atoms with Gasteiger partial charge >= 0.3 is 6.68 Å². The van der Waals surface area contributed by atoms with Gasteiger partial charge in [-0.15, -0.1) is 0 Å². The number of hydrogen-bond donors (Lipinski definition) is 1. The summed E-state index contributed by atoms with van der Waals surface area (Å²) < 4.78 is 51.5. The summed E-state index contributed by atoms with van der Waals surface area (Å²) in [7, 11) is 0. The number of ketones is 1. The lowest BCUT2D eigenvalue weighted by atomic mass is 9.92. The van der Waals surface area contributed by atoms with Gasteiger partial charge in [0, 0.05) is 6.04 Å². The van der Waals surface area contributed by atoms with E-state index in [0.717, 1.165) is 0 Å². The Bertz CT molecular complexity index is 152. The molecule has 0 amide bonds. The predicted molar refractivity (Wildman–Crippen MR) is 45.9 cm³/mol. The number of halogens is 5. The zero-order chi connectivity index (χ0) is 12.4. The highest BCUT2D eigenvalue weighted by molar-refractivity contribution is 5.76. The first-order chi connectivity index (χ1) is 6.79. The first-order valence-electron chi connectivity index (χ1n) is 4.16. The molecule has 2 nitrogen and oxygen atoms in total. The Kier molecular flexibility index (Phi) is 10.9. The maximum atomic E-state index is 11.7. The molecule has 2 N–H and O–H groups in total. The van der Waals surface area contributed by atoms with Gasteiger partial charge in [-0.1, -0.05) is 0 Å². The molecule has 0 aromatic rings. The van der Waals surface area contributed by atoms with Crippen LogP contribution in [0.1, 0.15) is 19.8 Å². The van der Waals surface area contributed by atoms with Crippen LogP contribution in [0.15, 0.2) is 0 Å². The zero-order valence-corrected chi connectivity index (χ0v) is 8.23. The van der Waals surface area contributed by atoms with Crippen LogP contribution in [-0.2, 0) is 4.79 Å². The van der Waals surface area contributed by atoms with Gasteiger partial charge in [-0.25, -0.2) is 8.78 Å². The second-order valence-corrected chi connectivity index (χ2v) is 2.91. The number of carbonyl (C=O) groups is 1. The van der Waals surface area contributed by atoms with Gasteiger partial charge in [-0.3, -0.25) is 4.79 Å². The average molecular weight is 235 g/mol. The molecule has 0 bridgehead atoms. The Balaban J connectivity index is 0. The van der Waals surface area contributed by atoms with Gasteiger partial charge in [0.25, 0.3) is 0 Å². The van der Waals surface area contributed by atoms with Gasteiger partial charge in [0.1, 0.15) is 12.8 Å². The van der Waals surface area contributed by atoms with Crippen molar-refractivity contribution in [3.63, 3.8) is 0 Å². The van der Waals surface area contributed by atoms with Gasteiger partial charge in [-0.05, 0) is 19.8 Å². The maximum absolute atomic E-state index is 11.7. The Morgan fingerprint density at radius 2 is 1.67 bits per heavy atom. The van der Waals surface area contributed by atoms with Crippen LogP contribution in [0.4, 0.5) is 22.0 Å². The number of carbonyl (C=O) groups excluding carboxylic acids is 1. The van der Waals surface area contributed by atoms with E-state index in [9.17, 15) is 26.7 Å². The molecule has 0 radical (unpaired) electrons. The van der Waals surface area contributed by atoms with Crippen molar-refractivity contribution < 1.29 is 26.7 Å². The van der Waals surface area contributed by atoms with Gasteiger partial charge in [0.2, 0.25) is 0 Å². The van der Waals surface area contributed by atoms with E-state index in [4.69, 9.17) is 5.73 Å². The van der Waals surface area contributed by atoms with Crippen LogP contribution < -0.4 is 5.73 Å². The largest absolute Gasteiger partial charge is 0.379 e. The molecular formula is C8H14F5NO. The van der Waals surface area contributed by atoms with Crippen molar-refractivity contribution in [1.29, 1.82) is 0 Å². The highest BCUT2D eigenvalue weighted by Crippen LogP contribution is 2.20. The van der Waals surface area contributed by atoms with Crippen molar-refractivity contribution in [3.8, 4) is 0 Å². The summed E-state index contributed by atoms with van der Waals surface area (Å²) in [5, 5.41) is 0. The van der Waals surface area contributed by atoms with Crippen molar-refractivity contribution in [2.75, 3.05) is 6.67 Å². The minimum atomic E-state index is -3.67. The third kappa shape index (κ3) is 19.6. The molecule has 0 aromatic heterocycles. The van der Waals surface area contributed by atoms with Crippen LogP contribution >= 0.6 is 0 Å². The Labute approximate surface area is 84.6 Å². The molecule has 92 valence electrons. The van der Waals surface area contributed by atoms with E-state index in [-0.39, 0.29) is 6.04 Å². The van der Waals surface area contributed by atoms with Crippen molar-refractivity contribution in [2.45, 2.75) is 38.7 Å². The first kappa shape index (κ1) is 16.7. The number of alkyl halides is 5. The topological polar surface area (TPSA) is 43.1 Å². The summed E-state index contributed by atoms with van der Waals surface area (Å²) in [6, 6.07) is 0.167. The summed E-state index contributed by atoms with van der Waals surface area (Å²) >= 11 is 0. The van der Waals surface area contributed by atoms with Crippen molar-refractivity contribution in [3.05, 3.63) is 0 Å². The van der Waals surface area contributed by atoms with Gasteiger partial charge in [0.15, 0.2) is 5.78 Å². The van der Waals surface area contributed by atoms with Crippen LogP contribution in [0.5, 0.6) is 0 Å². The second kappa shape index (κ2) is 9.82. The molecule has 0 atom stereocenters. The minimum Gasteiger partial charge on any atom is -0.327 e. The summed E-state index contributed by atoms with van der Waals surface area (Å²) in [6.45, 7) is -3.29. The van der Waals surface area contributed by atoms with Crippen molar-refractivity contribution in [2.24, 2.45) is 5.73 Å². The summed E-state index contributed by atoms with van der Waals surface area (Å²) in [4.78, 5) is 9.44. The lowest BCUT2D eigenvalue weighted by Crippen LogP contribution is -2.37. The van der Waals surface area contributed by atoms with Crippen LogP contribution in [-0.4, -0.2) is 31.4 Å². The molecule has 1 aliphatic rings. The van der Waals surface area contributed by atoms with E-state index >= 15 is 0 Å². The van der Waals surface area contributed by atoms with E-state index in [1.165, 1.54) is 6.92 Å². The highest BCUT2D eigenvalue weighted by atomic mass is 19.4. The zero-order valence-electron chi connectivity index (χ0n) is 8.23. The van der Waals surface area contributed by atoms with E-state index < -0.39 is 25.3 Å². The summed E-state index contributed by atoms with van der Waals surface area (Å²) in [5.41, 5.74) is 5.23. The average Bonchev–Trinajstić information content (AvgIpc) is 2.02. The third-order valence-electron chi connectivity index (χ3n) is 1.31. The quantitative estimate of drug-likeness (QED) is 0.708. The van der Waals surface area contributed by atoms with E-state index in [0.29, 0.717) is 12.8 Å². The monoisotopic (exact) mass is 235 g/mol. The molecule has 0 saturated heterocycles. The SMILES string of the molecule is CC(=O)CF.FC(F)F.NC1CC(F)C1. The molecule has 0 aliphatic heterocycles. The number of hydrogen-bond acceptors (Lipinski definition) is 2. The Morgan fingerprint density at radius 1 is 1.40 bits per heavy atom. The van der Waals surface area contributed by atoms with E-state index in [2.05, 4.69) is 0 Å². The number of nitrogens with two attached hydrogens (primary N) is 1. The minimum absolute atomic E-state index is 0.167. The first-order valence-corrected chi connectivity index (χ1v) is 4.16. The predicted octanol–water partition coefficient (Wildman–Crippen LogP) is 2.17. The van der Waals surface area contributed by atoms with Gasteiger partial charge < -0.3 is 5.73 Å². The molecule has 1 fully saturated rings. The lowest BCUT2D eigenvalue weighted by Gasteiger charge is -2.24. The van der Waals surface area contributed by atoms with Crippen molar-refractivity contribution in [1.82, 2.24) is 0 Å². The summed E-state index contributed by atoms with van der Waals surface area (Å²) in [6.07, 6.45) is 0.583. The third-order valence-corrected chi connectivity index (χ3v) is 1.31. The number of rotatable bonds is 1. The maximum Gasteiger partial charge on any atom is 0.379 e. The fraction of sp³-hybridized carbons (Fsp3) is 0.875. The Morgan fingerprint density at radius 3 is 1.67 bits per heavy atom. The Hall–Kier alpha value is -0.720. The molecule has 1 rings (SSSR count).